The number of benzene rings is 1. The fraction of sp³-hybridized carbons (Fsp3) is 0.214. The van der Waals surface area contributed by atoms with Gasteiger partial charge < -0.3 is 5.32 Å². The van der Waals surface area contributed by atoms with Crippen LogP contribution in [0.1, 0.15) is 16.7 Å². The van der Waals surface area contributed by atoms with Crippen LogP contribution in [0, 0.1) is 6.92 Å². The highest BCUT2D eigenvalue weighted by Gasteiger charge is 2.00. The van der Waals surface area contributed by atoms with Crippen LogP contribution in [0.25, 0.3) is 0 Å². The maximum Gasteiger partial charge on any atom is 0.133 e. The molecule has 0 atom stereocenters. The third-order valence-corrected chi connectivity index (χ3v) is 3.07. The van der Waals surface area contributed by atoms with Crippen LogP contribution in [0.15, 0.2) is 42.6 Å². The van der Waals surface area contributed by atoms with E-state index >= 15 is 0 Å². The molecule has 1 N–H and O–H groups in total. The Morgan fingerprint density at radius 2 is 1.76 bits per heavy atom. The molecule has 0 aliphatic carbocycles. The number of nitrogens with one attached hydrogen (secondary N) is 1. The highest BCUT2D eigenvalue weighted by Crippen LogP contribution is 2.12. The lowest BCUT2D eigenvalue weighted by Crippen LogP contribution is -2.13. The van der Waals surface area contributed by atoms with Gasteiger partial charge in [0.15, 0.2) is 0 Å². The number of rotatable bonds is 4. The van der Waals surface area contributed by atoms with Gasteiger partial charge in [-0.05, 0) is 24.1 Å². The highest BCUT2D eigenvalue weighted by atomic mass is 35.5. The molecule has 0 aliphatic heterocycles. The fourth-order valence-corrected chi connectivity index (χ4v) is 1.88. The minimum absolute atomic E-state index is 0.574. The summed E-state index contributed by atoms with van der Waals surface area (Å²) in [6.07, 6.45) is 1.70. The van der Waals surface area contributed by atoms with E-state index in [9.17, 15) is 0 Å². The van der Waals surface area contributed by atoms with E-state index in [2.05, 4.69) is 41.5 Å². The summed E-state index contributed by atoms with van der Waals surface area (Å²) in [6.45, 7) is 3.70. The summed E-state index contributed by atoms with van der Waals surface area (Å²) >= 11 is 5.99. The van der Waals surface area contributed by atoms with Gasteiger partial charge in [-0.3, -0.25) is 0 Å². The van der Waals surface area contributed by atoms with Gasteiger partial charge in [-0.1, -0.05) is 41.9 Å². The van der Waals surface area contributed by atoms with Crippen molar-refractivity contribution in [1.82, 2.24) is 10.3 Å². The Labute approximate surface area is 107 Å². The molecule has 0 unspecified atom stereocenters. The van der Waals surface area contributed by atoms with Crippen LogP contribution in [0.2, 0.25) is 5.15 Å². The highest BCUT2D eigenvalue weighted by molar-refractivity contribution is 6.30. The van der Waals surface area contributed by atoms with Crippen LogP contribution >= 0.6 is 11.6 Å². The van der Waals surface area contributed by atoms with E-state index in [0.717, 1.165) is 18.7 Å². The van der Waals surface area contributed by atoms with Crippen molar-refractivity contribution in [2.75, 3.05) is 0 Å². The Morgan fingerprint density at radius 1 is 1.06 bits per heavy atom. The largest absolute Gasteiger partial charge is 0.308 e. The number of hydrogen-bond donors (Lipinski definition) is 1. The van der Waals surface area contributed by atoms with Crippen molar-refractivity contribution in [2.45, 2.75) is 20.0 Å². The molecule has 2 rings (SSSR count). The maximum atomic E-state index is 5.99. The lowest BCUT2D eigenvalue weighted by molar-refractivity contribution is 0.689. The fourth-order valence-electron chi connectivity index (χ4n) is 1.69. The first-order valence-electron chi connectivity index (χ1n) is 5.62. The third kappa shape index (κ3) is 3.29. The second kappa shape index (κ2) is 5.80. The number of nitrogens with zero attached hydrogens (tertiary/aromatic N) is 1. The Balaban J connectivity index is 1.93. The van der Waals surface area contributed by atoms with Gasteiger partial charge in [0.1, 0.15) is 5.15 Å². The maximum absolute atomic E-state index is 5.99. The molecule has 0 amide bonds. The van der Waals surface area contributed by atoms with Crippen molar-refractivity contribution in [3.8, 4) is 0 Å². The lowest BCUT2D eigenvalue weighted by atomic mass is 10.1. The van der Waals surface area contributed by atoms with E-state index in [4.69, 9.17) is 11.6 Å². The molecule has 0 bridgehead atoms. The van der Waals surface area contributed by atoms with Crippen molar-refractivity contribution < 1.29 is 0 Å². The molecule has 1 aromatic carbocycles. The minimum atomic E-state index is 0.574. The van der Waals surface area contributed by atoms with E-state index in [1.165, 1.54) is 11.1 Å². The van der Waals surface area contributed by atoms with Gasteiger partial charge in [-0.2, -0.15) is 0 Å². The van der Waals surface area contributed by atoms with Crippen LogP contribution in [0.5, 0.6) is 0 Å². The van der Waals surface area contributed by atoms with Crippen LogP contribution in [0.3, 0.4) is 0 Å². The van der Waals surface area contributed by atoms with Gasteiger partial charge in [0, 0.05) is 24.8 Å². The molecule has 2 aromatic rings. The minimum Gasteiger partial charge on any atom is -0.308 e. The Kier molecular flexibility index (Phi) is 4.13. The monoisotopic (exact) mass is 246 g/mol. The predicted octanol–water partition coefficient (Wildman–Crippen LogP) is 3.33. The van der Waals surface area contributed by atoms with Gasteiger partial charge in [0.2, 0.25) is 0 Å². The molecule has 1 aromatic heterocycles. The van der Waals surface area contributed by atoms with Gasteiger partial charge in [-0.25, -0.2) is 4.98 Å². The zero-order valence-corrected chi connectivity index (χ0v) is 10.5. The van der Waals surface area contributed by atoms with Gasteiger partial charge in [-0.15, -0.1) is 0 Å². The molecule has 0 fully saturated rings. The topological polar surface area (TPSA) is 24.9 Å². The summed E-state index contributed by atoms with van der Waals surface area (Å²) in [5.41, 5.74) is 3.65. The Hall–Kier alpha value is -1.38. The molecular formula is C14H15ClN2. The summed E-state index contributed by atoms with van der Waals surface area (Å²) in [7, 11) is 0. The normalized spacial score (nSPS) is 10.5. The first kappa shape index (κ1) is 12.1. The average molecular weight is 247 g/mol. The van der Waals surface area contributed by atoms with Crippen LogP contribution in [-0.2, 0) is 13.1 Å². The number of hydrogen-bond acceptors (Lipinski definition) is 2. The van der Waals surface area contributed by atoms with E-state index in [-0.39, 0.29) is 0 Å². The van der Waals surface area contributed by atoms with Crippen molar-refractivity contribution in [2.24, 2.45) is 0 Å². The van der Waals surface area contributed by atoms with Gasteiger partial charge in [0.25, 0.3) is 0 Å². The average Bonchev–Trinajstić information content (AvgIpc) is 2.34. The predicted molar refractivity (Wildman–Crippen MR) is 71.0 cm³/mol. The van der Waals surface area contributed by atoms with E-state index in [1.807, 2.05) is 12.1 Å². The van der Waals surface area contributed by atoms with E-state index < -0.39 is 0 Å². The van der Waals surface area contributed by atoms with Crippen molar-refractivity contribution in [3.05, 3.63) is 64.4 Å². The summed E-state index contributed by atoms with van der Waals surface area (Å²) in [6, 6.07) is 12.2. The first-order chi connectivity index (χ1) is 8.27. The molecule has 0 spiro atoms. The molecule has 0 saturated heterocycles. The molecule has 3 heteroatoms. The Bertz CT molecular complexity index is 452. The summed E-state index contributed by atoms with van der Waals surface area (Å²) in [5, 5.41) is 3.95. The zero-order chi connectivity index (χ0) is 12.1. The third-order valence-electron chi connectivity index (χ3n) is 2.73. The lowest BCUT2D eigenvalue weighted by Gasteiger charge is -2.08. The van der Waals surface area contributed by atoms with Crippen molar-refractivity contribution in [1.29, 1.82) is 0 Å². The number of aromatic nitrogens is 1. The van der Waals surface area contributed by atoms with Crippen LogP contribution in [0.4, 0.5) is 0 Å². The first-order valence-corrected chi connectivity index (χ1v) is 6.00. The SMILES string of the molecule is Cc1ccccc1CNCc1cccnc1Cl. The van der Waals surface area contributed by atoms with Crippen LogP contribution < -0.4 is 5.32 Å². The second-order valence-electron chi connectivity index (χ2n) is 3.98. The molecular weight excluding hydrogens is 232 g/mol. The molecule has 0 aliphatic rings. The molecule has 0 radical (unpaired) electrons. The molecule has 17 heavy (non-hydrogen) atoms. The quantitative estimate of drug-likeness (QED) is 0.837. The summed E-state index contributed by atoms with van der Waals surface area (Å²) in [5.74, 6) is 0. The molecule has 88 valence electrons. The smallest absolute Gasteiger partial charge is 0.133 e. The number of pyridine rings is 1. The number of aryl methyl sites for hydroxylation is 1. The van der Waals surface area contributed by atoms with Crippen molar-refractivity contribution in [3.63, 3.8) is 0 Å². The second-order valence-corrected chi connectivity index (χ2v) is 4.34. The molecule has 1 heterocycles. The van der Waals surface area contributed by atoms with Gasteiger partial charge in [0.05, 0.1) is 0 Å². The summed E-state index contributed by atoms with van der Waals surface area (Å²) < 4.78 is 0. The Morgan fingerprint density at radius 3 is 2.53 bits per heavy atom. The number of halogens is 1. The summed E-state index contributed by atoms with van der Waals surface area (Å²) in [4.78, 5) is 4.05. The zero-order valence-electron chi connectivity index (χ0n) is 9.78. The molecule has 0 saturated carbocycles. The van der Waals surface area contributed by atoms with Gasteiger partial charge >= 0.3 is 0 Å². The van der Waals surface area contributed by atoms with E-state index in [0.29, 0.717) is 5.15 Å². The van der Waals surface area contributed by atoms with E-state index in [1.54, 1.807) is 6.20 Å². The molecule has 2 nitrogen and oxygen atoms in total. The standard InChI is InChI=1S/C14H15ClN2/c1-11-5-2-3-6-12(11)9-16-10-13-7-4-8-17-14(13)15/h2-8,16H,9-10H2,1H3. The van der Waals surface area contributed by atoms with Crippen molar-refractivity contribution >= 4 is 11.6 Å². The van der Waals surface area contributed by atoms with Crippen LogP contribution in [-0.4, -0.2) is 4.98 Å².